The van der Waals surface area contributed by atoms with Crippen LogP contribution >= 0.6 is 15.9 Å². The Morgan fingerprint density at radius 3 is 2.94 bits per heavy atom. The van der Waals surface area contributed by atoms with E-state index in [1.165, 1.54) is 6.33 Å². The van der Waals surface area contributed by atoms with E-state index < -0.39 is 0 Å². The normalized spacial score (nSPS) is 10.6. The lowest BCUT2D eigenvalue weighted by Gasteiger charge is -2.06. The molecular formula is C11H8BrN5. The predicted molar refractivity (Wildman–Crippen MR) is 69.1 cm³/mol. The zero-order chi connectivity index (χ0) is 11.7. The first kappa shape index (κ1) is 10.2. The number of benzene rings is 1. The molecule has 2 heterocycles. The van der Waals surface area contributed by atoms with Crippen LogP contribution in [0.25, 0.3) is 10.9 Å². The standard InChI is InChI=1S/C11H8BrN5/c12-7-1-2-8-9(5-7)13-6-14-11(8)16-10-3-4-15-17-10/h1-6H,(H2,13,14,15,16,17). The fraction of sp³-hybridized carbons (Fsp3) is 0. The van der Waals surface area contributed by atoms with Crippen LogP contribution < -0.4 is 5.32 Å². The van der Waals surface area contributed by atoms with Crippen LogP contribution in [0.1, 0.15) is 0 Å². The van der Waals surface area contributed by atoms with Gasteiger partial charge in [-0.2, -0.15) is 5.10 Å². The number of H-pyrrole nitrogens is 1. The van der Waals surface area contributed by atoms with Crippen LogP contribution in [0.3, 0.4) is 0 Å². The summed E-state index contributed by atoms with van der Waals surface area (Å²) in [5.41, 5.74) is 0.886. The highest BCUT2D eigenvalue weighted by molar-refractivity contribution is 9.10. The molecular weight excluding hydrogens is 282 g/mol. The number of nitrogens with zero attached hydrogens (tertiary/aromatic N) is 3. The minimum absolute atomic E-state index is 0.756. The molecule has 0 saturated heterocycles. The van der Waals surface area contributed by atoms with Gasteiger partial charge >= 0.3 is 0 Å². The van der Waals surface area contributed by atoms with Crippen molar-refractivity contribution in [1.82, 2.24) is 20.2 Å². The molecule has 0 fully saturated rings. The van der Waals surface area contributed by atoms with Gasteiger partial charge in [0.2, 0.25) is 0 Å². The number of hydrogen-bond donors (Lipinski definition) is 2. The minimum Gasteiger partial charge on any atom is -0.325 e. The molecule has 0 unspecified atom stereocenters. The van der Waals surface area contributed by atoms with E-state index in [1.54, 1.807) is 6.20 Å². The molecule has 3 rings (SSSR count). The summed E-state index contributed by atoms with van der Waals surface area (Å²) >= 11 is 3.42. The Bertz CT molecular complexity index is 650. The maximum atomic E-state index is 4.23. The van der Waals surface area contributed by atoms with Gasteiger partial charge in [0.15, 0.2) is 0 Å². The third kappa shape index (κ3) is 1.99. The minimum atomic E-state index is 0.756. The van der Waals surface area contributed by atoms with E-state index in [9.17, 15) is 0 Å². The monoisotopic (exact) mass is 289 g/mol. The Kier molecular flexibility index (Phi) is 2.49. The highest BCUT2D eigenvalue weighted by Crippen LogP contribution is 2.24. The van der Waals surface area contributed by atoms with Crippen molar-refractivity contribution in [3.8, 4) is 0 Å². The van der Waals surface area contributed by atoms with Crippen molar-refractivity contribution in [2.75, 3.05) is 5.32 Å². The second-order valence-electron chi connectivity index (χ2n) is 3.48. The molecule has 17 heavy (non-hydrogen) atoms. The Morgan fingerprint density at radius 2 is 2.12 bits per heavy atom. The van der Waals surface area contributed by atoms with Crippen LogP contribution in [0.2, 0.25) is 0 Å². The number of fused-ring (bicyclic) bond motifs is 1. The van der Waals surface area contributed by atoms with Crippen LogP contribution in [0.15, 0.2) is 41.3 Å². The van der Waals surface area contributed by atoms with Gasteiger partial charge in [0, 0.05) is 15.9 Å². The number of aromatic nitrogens is 4. The first-order valence-corrected chi connectivity index (χ1v) is 5.79. The summed E-state index contributed by atoms with van der Waals surface area (Å²) in [7, 11) is 0. The highest BCUT2D eigenvalue weighted by Gasteiger charge is 2.04. The Morgan fingerprint density at radius 1 is 1.18 bits per heavy atom. The van der Waals surface area contributed by atoms with Gasteiger partial charge in [-0.25, -0.2) is 9.97 Å². The molecule has 6 heteroatoms. The molecule has 0 bridgehead atoms. The van der Waals surface area contributed by atoms with Crippen molar-refractivity contribution in [3.63, 3.8) is 0 Å². The molecule has 2 aromatic heterocycles. The lowest BCUT2D eigenvalue weighted by Crippen LogP contribution is -1.96. The lowest BCUT2D eigenvalue weighted by atomic mass is 10.2. The maximum absolute atomic E-state index is 4.23. The number of nitrogens with one attached hydrogen (secondary N) is 2. The number of halogens is 1. The molecule has 0 atom stereocenters. The fourth-order valence-electron chi connectivity index (χ4n) is 1.58. The van der Waals surface area contributed by atoms with Crippen molar-refractivity contribution in [3.05, 3.63) is 41.3 Å². The molecule has 84 valence electrons. The molecule has 0 aliphatic carbocycles. The summed E-state index contributed by atoms with van der Waals surface area (Å²) < 4.78 is 0.996. The van der Waals surface area contributed by atoms with E-state index in [0.717, 1.165) is 27.0 Å². The zero-order valence-electron chi connectivity index (χ0n) is 8.68. The van der Waals surface area contributed by atoms with E-state index >= 15 is 0 Å². The van der Waals surface area contributed by atoms with Gasteiger partial charge in [0.1, 0.15) is 18.0 Å². The Labute approximate surface area is 105 Å². The molecule has 0 spiro atoms. The smallest absolute Gasteiger partial charge is 0.142 e. The number of hydrogen-bond acceptors (Lipinski definition) is 4. The summed E-state index contributed by atoms with van der Waals surface area (Å²) in [6.07, 6.45) is 3.22. The number of anilines is 2. The first-order valence-electron chi connectivity index (χ1n) is 4.99. The molecule has 0 amide bonds. The average molecular weight is 290 g/mol. The molecule has 2 N–H and O–H groups in total. The molecule has 0 aliphatic rings. The average Bonchev–Trinajstić information content (AvgIpc) is 2.82. The van der Waals surface area contributed by atoms with Crippen LogP contribution in [0.4, 0.5) is 11.6 Å². The van der Waals surface area contributed by atoms with Crippen LogP contribution in [-0.4, -0.2) is 20.2 Å². The molecule has 5 nitrogen and oxygen atoms in total. The third-order valence-electron chi connectivity index (χ3n) is 2.35. The number of rotatable bonds is 2. The largest absolute Gasteiger partial charge is 0.325 e. The van der Waals surface area contributed by atoms with Gasteiger partial charge in [0.05, 0.1) is 11.7 Å². The van der Waals surface area contributed by atoms with Crippen molar-refractivity contribution < 1.29 is 0 Å². The zero-order valence-corrected chi connectivity index (χ0v) is 10.3. The maximum Gasteiger partial charge on any atom is 0.142 e. The van der Waals surface area contributed by atoms with Crippen LogP contribution in [0.5, 0.6) is 0 Å². The molecule has 1 aromatic carbocycles. The summed E-state index contributed by atoms with van der Waals surface area (Å²) in [4.78, 5) is 8.45. The topological polar surface area (TPSA) is 66.5 Å². The Balaban J connectivity index is 2.10. The molecule has 3 aromatic rings. The van der Waals surface area contributed by atoms with E-state index in [2.05, 4.69) is 41.4 Å². The number of aromatic amines is 1. The van der Waals surface area contributed by atoms with Crippen molar-refractivity contribution in [1.29, 1.82) is 0 Å². The van der Waals surface area contributed by atoms with Gasteiger partial charge in [-0.1, -0.05) is 15.9 Å². The van der Waals surface area contributed by atoms with Crippen molar-refractivity contribution in [2.45, 2.75) is 0 Å². The molecule has 0 radical (unpaired) electrons. The fourth-order valence-corrected chi connectivity index (χ4v) is 1.93. The van der Waals surface area contributed by atoms with E-state index in [0.29, 0.717) is 0 Å². The summed E-state index contributed by atoms with van der Waals surface area (Å²) in [5, 5.41) is 10.8. The van der Waals surface area contributed by atoms with Gasteiger partial charge in [0.25, 0.3) is 0 Å². The lowest BCUT2D eigenvalue weighted by molar-refractivity contribution is 1.09. The quantitative estimate of drug-likeness (QED) is 0.761. The summed E-state index contributed by atoms with van der Waals surface area (Å²) in [6, 6.07) is 7.73. The third-order valence-corrected chi connectivity index (χ3v) is 2.85. The van der Waals surface area contributed by atoms with Gasteiger partial charge < -0.3 is 5.32 Å². The summed E-state index contributed by atoms with van der Waals surface area (Å²) in [5.74, 6) is 1.56. The molecule has 0 saturated carbocycles. The van der Waals surface area contributed by atoms with Crippen LogP contribution in [0, 0.1) is 0 Å². The van der Waals surface area contributed by atoms with Crippen molar-refractivity contribution in [2.24, 2.45) is 0 Å². The van der Waals surface area contributed by atoms with E-state index in [1.807, 2.05) is 24.3 Å². The van der Waals surface area contributed by atoms with Gasteiger partial charge in [-0.05, 0) is 18.2 Å². The highest BCUT2D eigenvalue weighted by atomic mass is 79.9. The van der Waals surface area contributed by atoms with Crippen molar-refractivity contribution >= 4 is 38.5 Å². The van der Waals surface area contributed by atoms with E-state index in [-0.39, 0.29) is 0 Å². The molecule has 0 aliphatic heterocycles. The second kappa shape index (κ2) is 4.14. The Hall–Kier alpha value is -1.95. The first-order chi connectivity index (χ1) is 8.33. The van der Waals surface area contributed by atoms with Gasteiger partial charge in [-0.15, -0.1) is 0 Å². The SMILES string of the molecule is Brc1ccc2c(Nc3ccn[nH]3)ncnc2c1. The predicted octanol–water partition coefficient (Wildman–Crippen LogP) is 2.86. The summed E-state index contributed by atoms with van der Waals surface area (Å²) in [6.45, 7) is 0. The van der Waals surface area contributed by atoms with E-state index in [4.69, 9.17) is 0 Å². The van der Waals surface area contributed by atoms with Gasteiger partial charge in [-0.3, -0.25) is 5.10 Å². The van der Waals surface area contributed by atoms with Crippen LogP contribution in [-0.2, 0) is 0 Å². The second-order valence-corrected chi connectivity index (χ2v) is 4.39.